The second-order valence-electron chi connectivity index (χ2n) is 7.56. The van der Waals surface area contributed by atoms with Crippen LogP contribution in [0.25, 0.3) is 5.76 Å². The summed E-state index contributed by atoms with van der Waals surface area (Å²) in [6.45, 7) is 1.27. The lowest BCUT2D eigenvalue weighted by atomic mass is 9.66. The van der Waals surface area contributed by atoms with Crippen molar-refractivity contribution in [2.75, 3.05) is 13.2 Å². The molecule has 0 unspecified atom stereocenters. The molecule has 5 rings (SSSR count). The van der Waals surface area contributed by atoms with Crippen LogP contribution < -0.4 is 0 Å². The minimum atomic E-state index is -0.526. The van der Waals surface area contributed by atoms with Crippen molar-refractivity contribution >= 4 is 5.76 Å². The molecule has 0 radical (unpaired) electrons. The molecule has 2 aliphatic rings. The maximum absolute atomic E-state index is 11.4. The highest BCUT2D eigenvalue weighted by Crippen LogP contribution is 2.55. The lowest BCUT2D eigenvalue weighted by Gasteiger charge is -2.35. The summed E-state index contributed by atoms with van der Waals surface area (Å²) < 4.78 is 11.4. The van der Waals surface area contributed by atoms with E-state index in [4.69, 9.17) is 9.47 Å². The van der Waals surface area contributed by atoms with E-state index in [-0.39, 0.29) is 6.29 Å². The zero-order chi connectivity index (χ0) is 19.7. The average Bonchev–Trinajstić information content (AvgIpc) is 3.39. The van der Waals surface area contributed by atoms with Gasteiger partial charge in [0.1, 0.15) is 5.76 Å². The van der Waals surface area contributed by atoms with E-state index in [1.165, 1.54) is 0 Å². The first-order valence-corrected chi connectivity index (χ1v) is 10.2. The van der Waals surface area contributed by atoms with E-state index in [1.807, 2.05) is 24.3 Å². The zero-order valence-electron chi connectivity index (χ0n) is 16.3. The number of hydrogen-bond donors (Lipinski definition) is 1. The maximum Gasteiger partial charge on any atom is 0.158 e. The summed E-state index contributed by atoms with van der Waals surface area (Å²) in [4.78, 5) is 0. The fraction of sp³-hybridized carbons (Fsp3) is 0.231. The van der Waals surface area contributed by atoms with E-state index >= 15 is 0 Å². The number of benzene rings is 3. The second-order valence-corrected chi connectivity index (χ2v) is 7.56. The van der Waals surface area contributed by atoms with E-state index in [0.29, 0.717) is 25.4 Å². The molecule has 3 aromatic carbocycles. The molecule has 3 aromatic rings. The van der Waals surface area contributed by atoms with Gasteiger partial charge in [0.15, 0.2) is 6.29 Å². The third-order valence-corrected chi connectivity index (χ3v) is 6.06. The highest BCUT2D eigenvalue weighted by molar-refractivity contribution is 5.81. The Kier molecular flexibility index (Phi) is 4.70. The van der Waals surface area contributed by atoms with Crippen LogP contribution in [-0.4, -0.2) is 24.6 Å². The van der Waals surface area contributed by atoms with E-state index in [9.17, 15) is 5.11 Å². The standard InChI is InChI=1S/C26H24O3/c27-25-21-13-7-8-14-22(21)26(19-9-3-1-4-10-19,20-11-5-2-6-12-20)23(25)15-16-24-28-17-18-29-24/h1-14,24,27H,15-18H2. The normalized spacial score (nSPS) is 18.2. The lowest BCUT2D eigenvalue weighted by molar-refractivity contribution is -0.0464. The lowest BCUT2D eigenvalue weighted by Crippen LogP contribution is -2.30. The molecule has 1 heterocycles. The van der Waals surface area contributed by atoms with Gasteiger partial charge in [-0.25, -0.2) is 0 Å². The van der Waals surface area contributed by atoms with Crippen molar-refractivity contribution in [2.24, 2.45) is 0 Å². The zero-order valence-corrected chi connectivity index (χ0v) is 16.3. The first kappa shape index (κ1) is 18.2. The molecular formula is C26H24O3. The van der Waals surface area contributed by atoms with Crippen LogP contribution >= 0.6 is 0 Å². The van der Waals surface area contributed by atoms with Gasteiger partial charge < -0.3 is 14.6 Å². The van der Waals surface area contributed by atoms with Gasteiger partial charge in [0.25, 0.3) is 0 Å². The van der Waals surface area contributed by atoms with Crippen LogP contribution in [0.1, 0.15) is 35.1 Å². The van der Waals surface area contributed by atoms with Crippen molar-refractivity contribution in [2.45, 2.75) is 24.5 Å². The minimum Gasteiger partial charge on any atom is -0.507 e. The first-order chi connectivity index (χ1) is 14.3. The molecule has 146 valence electrons. The quantitative estimate of drug-likeness (QED) is 0.635. The van der Waals surface area contributed by atoms with Gasteiger partial charge >= 0.3 is 0 Å². The molecule has 0 atom stereocenters. The van der Waals surface area contributed by atoms with Gasteiger partial charge in [-0.2, -0.15) is 0 Å². The molecule has 3 nitrogen and oxygen atoms in total. The number of aliphatic hydroxyl groups excluding tert-OH is 1. The molecule has 29 heavy (non-hydrogen) atoms. The van der Waals surface area contributed by atoms with Crippen molar-refractivity contribution in [3.8, 4) is 0 Å². The molecule has 1 aliphatic carbocycles. The van der Waals surface area contributed by atoms with Crippen LogP contribution in [0.2, 0.25) is 0 Å². The maximum atomic E-state index is 11.4. The highest BCUT2D eigenvalue weighted by atomic mass is 16.7. The number of allylic oxidation sites excluding steroid dienone is 1. The number of rotatable bonds is 5. The van der Waals surface area contributed by atoms with Crippen LogP contribution in [-0.2, 0) is 14.9 Å². The number of fused-ring (bicyclic) bond motifs is 1. The molecule has 0 aromatic heterocycles. The summed E-state index contributed by atoms with van der Waals surface area (Å²) in [6, 6.07) is 29.2. The van der Waals surface area contributed by atoms with Gasteiger partial charge in [-0.3, -0.25) is 0 Å². The highest BCUT2D eigenvalue weighted by Gasteiger charge is 2.47. The summed E-state index contributed by atoms with van der Waals surface area (Å²) in [5.74, 6) is 0.381. The number of hydrogen-bond acceptors (Lipinski definition) is 3. The Morgan fingerprint density at radius 2 is 1.31 bits per heavy atom. The van der Waals surface area contributed by atoms with Gasteiger partial charge in [0.05, 0.1) is 18.6 Å². The van der Waals surface area contributed by atoms with Gasteiger partial charge in [-0.05, 0) is 28.7 Å². The van der Waals surface area contributed by atoms with Crippen LogP contribution in [0.4, 0.5) is 0 Å². The Hall–Kier alpha value is -2.88. The predicted molar refractivity (Wildman–Crippen MR) is 114 cm³/mol. The monoisotopic (exact) mass is 384 g/mol. The van der Waals surface area contributed by atoms with Crippen molar-refractivity contribution in [3.63, 3.8) is 0 Å². The molecule has 0 saturated carbocycles. The third kappa shape index (κ3) is 2.89. The molecule has 1 saturated heterocycles. The minimum absolute atomic E-state index is 0.205. The van der Waals surface area contributed by atoms with Gasteiger partial charge in [-0.1, -0.05) is 84.9 Å². The van der Waals surface area contributed by atoms with Crippen LogP contribution in [0.3, 0.4) is 0 Å². The summed E-state index contributed by atoms with van der Waals surface area (Å²) in [6.07, 6.45) is 1.20. The Labute approximate surface area is 171 Å². The van der Waals surface area contributed by atoms with Crippen LogP contribution in [0.15, 0.2) is 90.5 Å². The van der Waals surface area contributed by atoms with Gasteiger partial charge in [0.2, 0.25) is 0 Å². The van der Waals surface area contributed by atoms with E-state index in [2.05, 4.69) is 60.7 Å². The van der Waals surface area contributed by atoms with Gasteiger partial charge in [0, 0.05) is 12.0 Å². The van der Waals surface area contributed by atoms with Crippen molar-refractivity contribution < 1.29 is 14.6 Å². The fourth-order valence-electron chi connectivity index (χ4n) is 4.86. The molecule has 1 fully saturated rings. The van der Waals surface area contributed by atoms with E-state index in [0.717, 1.165) is 34.2 Å². The van der Waals surface area contributed by atoms with Gasteiger partial charge in [-0.15, -0.1) is 0 Å². The second kappa shape index (κ2) is 7.51. The molecule has 1 aliphatic heterocycles. The molecule has 0 amide bonds. The van der Waals surface area contributed by atoms with Crippen LogP contribution in [0.5, 0.6) is 0 Å². The summed E-state index contributed by atoms with van der Waals surface area (Å²) >= 11 is 0. The Morgan fingerprint density at radius 1 is 0.759 bits per heavy atom. The summed E-state index contributed by atoms with van der Waals surface area (Å²) in [5.41, 5.74) is 4.83. The average molecular weight is 384 g/mol. The number of ether oxygens (including phenoxy) is 2. The molecular weight excluding hydrogens is 360 g/mol. The smallest absolute Gasteiger partial charge is 0.158 e. The SMILES string of the molecule is OC1=C(CCC2OCCO2)C(c2ccccc2)(c2ccccc2)c2ccccc21. The molecule has 3 heteroatoms. The fourth-order valence-corrected chi connectivity index (χ4v) is 4.86. The Morgan fingerprint density at radius 3 is 1.93 bits per heavy atom. The molecule has 0 bridgehead atoms. The summed E-state index contributed by atoms with van der Waals surface area (Å²) in [5, 5.41) is 11.4. The molecule has 1 N–H and O–H groups in total. The van der Waals surface area contributed by atoms with Crippen molar-refractivity contribution in [1.29, 1.82) is 0 Å². The Balaban J connectivity index is 1.73. The van der Waals surface area contributed by atoms with Crippen LogP contribution in [0, 0.1) is 0 Å². The predicted octanol–water partition coefficient (Wildman–Crippen LogP) is 5.46. The Bertz CT molecular complexity index is 979. The van der Waals surface area contributed by atoms with E-state index < -0.39 is 5.41 Å². The topological polar surface area (TPSA) is 38.7 Å². The summed E-state index contributed by atoms with van der Waals surface area (Å²) in [7, 11) is 0. The largest absolute Gasteiger partial charge is 0.507 e. The first-order valence-electron chi connectivity index (χ1n) is 10.2. The van der Waals surface area contributed by atoms with Crippen molar-refractivity contribution in [1.82, 2.24) is 0 Å². The molecule has 0 spiro atoms. The van der Waals surface area contributed by atoms with E-state index in [1.54, 1.807) is 0 Å². The van der Waals surface area contributed by atoms with Crippen molar-refractivity contribution in [3.05, 3.63) is 113 Å². The third-order valence-electron chi connectivity index (χ3n) is 6.06. The number of aliphatic hydroxyl groups is 1.